The van der Waals surface area contributed by atoms with Crippen LogP contribution in [0.1, 0.15) is 30.6 Å². The van der Waals surface area contributed by atoms with E-state index in [0.29, 0.717) is 17.9 Å². The minimum atomic E-state index is -0.642. The number of amides is 2. The maximum atomic E-state index is 12.2. The van der Waals surface area contributed by atoms with E-state index in [-0.39, 0.29) is 11.7 Å². The van der Waals surface area contributed by atoms with Crippen LogP contribution in [0.25, 0.3) is 0 Å². The zero-order valence-corrected chi connectivity index (χ0v) is 15.4. The normalized spacial score (nSPS) is 10.1. The van der Waals surface area contributed by atoms with Gasteiger partial charge in [-0.1, -0.05) is 19.1 Å². The van der Waals surface area contributed by atoms with Crippen LogP contribution in [0.3, 0.4) is 0 Å². The van der Waals surface area contributed by atoms with Crippen LogP contribution in [0.2, 0.25) is 0 Å². The smallest absolute Gasteiger partial charge is 0.330 e. The SMILES string of the molecule is CCCOc1ccccc1C(=O)NNC(=S)NC(=O)/C=C/C(=O)OCC. The molecule has 0 aliphatic rings. The Kier molecular flexibility index (Phi) is 9.40. The number of rotatable bonds is 7. The summed E-state index contributed by atoms with van der Waals surface area (Å²) in [6.07, 6.45) is 2.76. The van der Waals surface area contributed by atoms with E-state index in [0.717, 1.165) is 18.6 Å². The topological polar surface area (TPSA) is 106 Å². The van der Waals surface area contributed by atoms with Crippen LogP contribution < -0.4 is 20.9 Å². The number of esters is 1. The average Bonchev–Trinajstić information content (AvgIpc) is 2.63. The summed E-state index contributed by atoms with van der Waals surface area (Å²) >= 11 is 4.89. The Hall–Kier alpha value is -2.94. The molecule has 0 radical (unpaired) electrons. The van der Waals surface area contributed by atoms with Crippen LogP contribution in [-0.2, 0) is 14.3 Å². The number of hydrogen-bond acceptors (Lipinski definition) is 6. The van der Waals surface area contributed by atoms with Crippen molar-refractivity contribution in [2.24, 2.45) is 0 Å². The first kappa shape index (κ1) is 21.1. The van der Waals surface area contributed by atoms with Gasteiger partial charge in [-0.3, -0.25) is 25.8 Å². The summed E-state index contributed by atoms with van der Waals surface area (Å²) in [6.45, 7) is 4.31. The van der Waals surface area contributed by atoms with Gasteiger partial charge in [-0.25, -0.2) is 4.79 Å². The number of ether oxygens (including phenoxy) is 2. The van der Waals surface area contributed by atoms with Crippen molar-refractivity contribution in [2.45, 2.75) is 20.3 Å². The second-order valence-corrected chi connectivity index (χ2v) is 5.24. The van der Waals surface area contributed by atoms with Gasteiger partial charge in [0.25, 0.3) is 5.91 Å². The van der Waals surface area contributed by atoms with Gasteiger partial charge in [0.15, 0.2) is 5.11 Å². The Bertz CT molecular complexity index is 691. The molecule has 3 N–H and O–H groups in total. The summed E-state index contributed by atoms with van der Waals surface area (Å²) in [5.41, 5.74) is 5.09. The number of nitrogens with one attached hydrogen (secondary N) is 3. The van der Waals surface area contributed by atoms with Crippen LogP contribution in [0.5, 0.6) is 5.75 Å². The fraction of sp³-hybridized carbons (Fsp3) is 0.294. The third-order valence-electron chi connectivity index (χ3n) is 2.78. The maximum absolute atomic E-state index is 12.2. The van der Waals surface area contributed by atoms with E-state index in [9.17, 15) is 14.4 Å². The van der Waals surface area contributed by atoms with E-state index in [4.69, 9.17) is 17.0 Å². The fourth-order valence-corrected chi connectivity index (χ4v) is 1.84. The zero-order chi connectivity index (χ0) is 19.4. The minimum Gasteiger partial charge on any atom is -0.493 e. The quantitative estimate of drug-likeness (QED) is 0.283. The molecule has 0 heterocycles. The number of carbonyl (C=O) groups excluding carboxylic acids is 3. The predicted octanol–water partition coefficient (Wildman–Crippen LogP) is 1.23. The van der Waals surface area contributed by atoms with Crippen molar-refractivity contribution in [1.29, 1.82) is 0 Å². The van der Waals surface area contributed by atoms with E-state index >= 15 is 0 Å². The molecule has 0 aliphatic carbocycles. The number of hydrazine groups is 1. The summed E-state index contributed by atoms with van der Waals surface area (Å²) < 4.78 is 10.2. The van der Waals surface area contributed by atoms with Gasteiger partial charge in [0.05, 0.1) is 18.8 Å². The molecule has 0 saturated carbocycles. The first-order valence-corrected chi connectivity index (χ1v) is 8.36. The van der Waals surface area contributed by atoms with E-state index in [1.165, 1.54) is 0 Å². The van der Waals surface area contributed by atoms with Gasteiger partial charge >= 0.3 is 5.97 Å². The highest BCUT2D eigenvalue weighted by molar-refractivity contribution is 7.80. The average molecular weight is 379 g/mol. The molecule has 0 aliphatic heterocycles. The Morgan fingerprint density at radius 2 is 1.85 bits per heavy atom. The van der Waals surface area contributed by atoms with Crippen LogP contribution in [-0.4, -0.2) is 36.1 Å². The highest BCUT2D eigenvalue weighted by atomic mass is 32.1. The number of hydrogen-bond donors (Lipinski definition) is 3. The molecule has 9 heteroatoms. The lowest BCUT2D eigenvalue weighted by molar-refractivity contribution is -0.137. The van der Waals surface area contributed by atoms with Gasteiger partial charge in [-0.2, -0.15) is 0 Å². The molecule has 0 bridgehead atoms. The van der Waals surface area contributed by atoms with Crippen LogP contribution in [0.15, 0.2) is 36.4 Å². The van der Waals surface area contributed by atoms with Crippen molar-refractivity contribution in [3.05, 3.63) is 42.0 Å². The summed E-state index contributed by atoms with van der Waals surface area (Å²) in [7, 11) is 0. The summed E-state index contributed by atoms with van der Waals surface area (Å²) in [5.74, 6) is -1.31. The van der Waals surface area contributed by atoms with E-state index in [1.807, 2.05) is 6.92 Å². The number of benzene rings is 1. The number of para-hydroxylation sites is 1. The molecule has 1 rings (SSSR count). The van der Waals surface area contributed by atoms with Crippen molar-refractivity contribution in [1.82, 2.24) is 16.2 Å². The molecule has 26 heavy (non-hydrogen) atoms. The maximum Gasteiger partial charge on any atom is 0.330 e. The summed E-state index contributed by atoms with van der Waals surface area (Å²) in [5, 5.41) is 2.14. The van der Waals surface area contributed by atoms with Crippen LogP contribution in [0.4, 0.5) is 0 Å². The predicted molar refractivity (Wildman–Crippen MR) is 99.3 cm³/mol. The molecular weight excluding hydrogens is 358 g/mol. The van der Waals surface area contributed by atoms with Crippen molar-refractivity contribution >= 4 is 35.1 Å². The van der Waals surface area contributed by atoms with E-state index < -0.39 is 17.8 Å². The Morgan fingerprint density at radius 1 is 1.12 bits per heavy atom. The minimum absolute atomic E-state index is 0.135. The molecule has 0 spiro atoms. The highest BCUT2D eigenvalue weighted by Crippen LogP contribution is 2.17. The van der Waals surface area contributed by atoms with Crippen molar-refractivity contribution < 1.29 is 23.9 Å². The fourth-order valence-electron chi connectivity index (χ4n) is 1.69. The van der Waals surface area contributed by atoms with Crippen LogP contribution >= 0.6 is 12.2 Å². The van der Waals surface area contributed by atoms with Gasteiger partial charge in [-0.05, 0) is 37.7 Å². The molecule has 8 nitrogen and oxygen atoms in total. The monoisotopic (exact) mass is 379 g/mol. The molecule has 1 aromatic carbocycles. The van der Waals surface area contributed by atoms with Crippen LogP contribution in [0, 0.1) is 0 Å². The second-order valence-electron chi connectivity index (χ2n) is 4.83. The molecule has 0 atom stereocenters. The highest BCUT2D eigenvalue weighted by Gasteiger charge is 2.12. The Morgan fingerprint density at radius 3 is 2.54 bits per heavy atom. The van der Waals surface area contributed by atoms with Crippen molar-refractivity contribution in [2.75, 3.05) is 13.2 Å². The molecule has 0 fully saturated rings. The van der Waals surface area contributed by atoms with Gasteiger partial charge in [0.1, 0.15) is 5.75 Å². The lowest BCUT2D eigenvalue weighted by atomic mass is 10.2. The molecule has 1 aromatic rings. The van der Waals surface area contributed by atoms with Gasteiger partial charge in [0.2, 0.25) is 5.91 Å². The summed E-state index contributed by atoms with van der Waals surface area (Å²) in [6, 6.07) is 6.75. The molecule has 2 amide bonds. The van der Waals surface area contributed by atoms with E-state index in [2.05, 4.69) is 20.9 Å². The molecule has 140 valence electrons. The van der Waals surface area contributed by atoms with E-state index in [1.54, 1.807) is 31.2 Å². The van der Waals surface area contributed by atoms with Gasteiger partial charge in [-0.15, -0.1) is 0 Å². The van der Waals surface area contributed by atoms with Crippen molar-refractivity contribution in [3.63, 3.8) is 0 Å². The number of thiocarbonyl (C=S) groups is 1. The molecule has 0 saturated heterocycles. The first-order valence-electron chi connectivity index (χ1n) is 7.95. The third kappa shape index (κ3) is 7.75. The standard InChI is InChI=1S/C17H21N3O5S/c1-3-11-25-13-8-6-5-7-12(13)16(23)19-20-17(26)18-14(21)9-10-15(22)24-4-2/h5-10H,3-4,11H2,1-2H3,(H,19,23)(H2,18,20,21,26)/b10-9+. The Balaban J connectivity index is 2.51. The molecule has 0 unspecified atom stereocenters. The lowest BCUT2D eigenvalue weighted by Gasteiger charge is -2.12. The number of carbonyl (C=O) groups is 3. The Labute approximate surface area is 156 Å². The van der Waals surface area contributed by atoms with Gasteiger partial charge < -0.3 is 9.47 Å². The molecule has 0 aromatic heterocycles. The summed E-state index contributed by atoms with van der Waals surface area (Å²) in [4.78, 5) is 34.9. The lowest BCUT2D eigenvalue weighted by Crippen LogP contribution is -2.48. The zero-order valence-electron chi connectivity index (χ0n) is 14.5. The second kappa shape index (κ2) is 11.6. The first-order chi connectivity index (χ1) is 12.5. The molecular formula is C17H21N3O5S. The largest absolute Gasteiger partial charge is 0.493 e. The third-order valence-corrected chi connectivity index (χ3v) is 2.98. The van der Waals surface area contributed by atoms with Gasteiger partial charge in [0, 0.05) is 12.2 Å². The van der Waals surface area contributed by atoms with Crippen molar-refractivity contribution in [3.8, 4) is 5.75 Å².